The molecule has 5 rings (SSSR count). The zero-order chi connectivity index (χ0) is 20.0. The number of halogens is 2. The fourth-order valence-corrected chi connectivity index (χ4v) is 4.37. The van der Waals surface area contributed by atoms with Gasteiger partial charge in [0.15, 0.2) is 6.10 Å². The summed E-state index contributed by atoms with van der Waals surface area (Å²) >= 11 is 0. The highest BCUT2D eigenvalue weighted by Gasteiger charge is 2.35. The van der Waals surface area contributed by atoms with Crippen molar-refractivity contribution in [1.82, 2.24) is 9.55 Å². The molecule has 3 aliphatic rings. The van der Waals surface area contributed by atoms with Crippen molar-refractivity contribution >= 4 is 0 Å². The molecule has 1 aromatic heterocycles. The van der Waals surface area contributed by atoms with E-state index in [1.165, 1.54) is 0 Å². The summed E-state index contributed by atoms with van der Waals surface area (Å²) in [4.78, 5) is 15.8. The first-order valence-corrected chi connectivity index (χ1v) is 10.4. The average Bonchev–Trinajstić information content (AvgIpc) is 3.46. The largest absolute Gasteiger partial charge is 0.490 e. The fourth-order valence-electron chi connectivity index (χ4n) is 4.37. The van der Waals surface area contributed by atoms with Crippen LogP contribution in [-0.4, -0.2) is 28.2 Å². The molecule has 2 heterocycles. The highest BCUT2D eigenvalue weighted by molar-refractivity contribution is 5.30. The van der Waals surface area contributed by atoms with Gasteiger partial charge < -0.3 is 9.47 Å². The number of hydrogen-bond donors (Lipinski definition) is 0. The van der Waals surface area contributed by atoms with E-state index >= 15 is 0 Å². The molecule has 0 radical (unpaired) electrons. The molecular formula is C22H24F2N2O3. The molecule has 1 unspecified atom stereocenters. The number of hydrogen-bond acceptors (Lipinski definition) is 4. The van der Waals surface area contributed by atoms with Crippen LogP contribution >= 0.6 is 0 Å². The molecule has 1 aliphatic heterocycles. The van der Waals surface area contributed by atoms with Crippen molar-refractivity contribution in [3.8, 4) is 11.8 Å². The van der Waals surface area contributed by atoms with Gasteiger partial charge in [-0.25, -0.2) is 8.78 Å². The van der Waals surface area contributed by atoms with Gasteiger partial charge in [0.05, 0.1) is 6.54 Å². The number of nitrogens with zero attached hydrogens (tertiary/aromatic N) is 2. The number of rotatable bonds is 5. The first-order valence-electron chi connectivity index (χ1n) is 10.4. The lowest BCUT2D eigenvalue weighted by atomic mass is 9.82. The van der Waals surface area contributed by atoms with Crippen LogP contribution in [0, 0.1) is 0 Å². The van der Waals surface area contributed by atoms with E-state index in [1.54, 1.807) is 6.07 Å². The number of alkyl halides is 2. The first-order chi connectivity index (χ1) is 14.0. The van der Waals surface area contributed by atoms with E-state index in [2.05, 4.69) is 4.98 Å². The maximum Gasteiger partial charge on any atom is 0.300 e. The van der Waals surface area contributed by atoms with E-state index in [4.69, 9.17) is 9.47 Å². The smallest absolute Gasteiger partial charge is 0.300 e. The van der Waals surface area contributed by atoms with Crippen LogP contribution in [0.1, 0.15) is 61.6 Å². The van der Waals surface area contributed by atoms with Crippen LogP contribution in [0.5, 0.6) is 11.8 Å². The second-order valence-corrected chi connectivity index (χ2v) is 8.44. The Bertz CT molecular complexity index is 944. The quantitative estimate of drug-likeness (QED) is 0.750. The van der Waals surface area contributed by atoms with Gasteiger partial charge in [-0.15, -0.1) is 0 Å². The summed E-state index contributed by atoms with van der Waals surface area (Å²) in [6, 6.07) is 9.73. The lowest BCUT2D eigenvalue weighted by Crippen LogP contribution is -2.24. The van der Waals surface area contributed by atoms with Gasteiger partial charge in [-0.1, -0.05) is 12.1 Å². The Hall–Kier alpha value is -2.44. The normalized spacial score (nSPS) is 23.4. The number of benzene rings is 1. The van der Waals surface area contributed by atoms with Gasteiger partial charge in [0, 0.05) is 24.6 Å². The summed E-state index contributed by atoms with van der Waals surface area (Å²) in [6.07, 6.45) is 3.00. The molecule has 0 saturated heterocycles. The van der Waals surface area contributed by atoms with Crippen molar-refractivity contribution in [3.63, 3.8) is 0 Å². The fraction of sp³-hybridized carbons (Fsp3) is 0.545. The second kappa shape index (κ2) is 7.11. The Kier molecular flexibility index (Phi) is 4.56. The Labute approximate surface area is 167 Å². The van der Waals surface area contributed by atoms with Crippen LogP contribution in [-0.2, 0) is 6.54 Å². The van der Waals surface area contributed by atoms with E-state index in [0.717, 1.165) is 29.8 Å². The topological polar surface area (TPSA) is 53.4 Å². The lowest BCUT2D eigenvalue weighted by Gasteiger charge is -2.28. The standard InChI is InChI=1S/C22H24F2N2O3/c23-22(24)9-7-15(8-10-22)14-3-5-17(6-4-14)28-13-18-12-26-19(16-1-2-16)11-20(27)25-21(26)29-18/h3-6,11,15-16,18H,1-2,7-10,12-13H2. The van der Waals surface area contributed by atoms with Crippen molar-refractivity contribution in [2.45, 2.75) is 68.9 Å². The minimum Gasteiger partial charge on any atom is -0.490 e. The molecule has 0 bridgehead atoms. The van der Waals surface area contributed by atoms with Gasteiger partial charge in [0.2, 0.25) is 5.92 Å². The van der Waals surface area contributed by atoms with E-state index in [9.17, 15) is 13.6 Å². The average molecular weight is 402 g/mol. The number of fused-ring (bicyclic) bond motifs is 1. The van der Waals surface area contributed by atoms with Gasteiger partial charge >= 0.3 is 0 Å². The maximum absolute atomic E-state index is 13.3. The molecule has 2 saturated carbocycles. The second-order valence-electron chi connectivity index (χ2n) is 8.44. The Balaban J connectivity index is 1.18. The van der Waals surface area contributed by atoms with Gasteiger partial charge in [-0.05, 0) is 55.2 Å². The molecule has 2 aliphatic carbocycles. The predicted molar refractivity (Wildman–Crippen MR) is 103 cm³/mol. The van der Waals surface area contributed by atoms with E-state index in [1.807, 2.05) is 28.8 Å². The summed E-state index contributed by atoms with van der Waals surface area (Å²) < 4.78 is 40.4. The zero-order valence-corrected chi connectivity index (χ0v) is 16.2. The van der Waals surface area contributed by atoms with Crippen molar-refractivity contribution in [2.75, 3.05) is 6.61 Å². The highest BCUT2D eigenvalue weighted by atomic mass is 19.3. The third-order valence-corrected chi connectivity index (χ3v) is 6.18. The molecule has 2 aromatic rings. The molecule has 1 atom stereocenters. The molecule has 1 aromatic carbocycles. The van der Waals surface area contributed by atoms with Crippen molar-refractivity contribution in [1.29, 1.82) is 0 Å². The number of aromatic nitrogens is 2. The molecular weight excluding hydrogens is 378 g/mol. The van der Waals surface area contributed by atoms with Crippen LogP contribution in [0.3, 0.4) is 0 Å². The maximum atomic E-state index is 13.3. The lowest BCUT2D eigenvalue weighted by molar-refractivity contribution is -0.0382. The third kappa shape index (κ3) is 4.00. The van der Waals surface area contributed by atoms with Crippen LogP contribution in [0.2, 0.25) is 0 Å². The van der Waals surface area contributed by atoms with E-state index < -0.39 is 5.92 Å². The van der Waals surface area contributed by atoms with Crippen molar-refractivity contribution in [3.05, 3.63) is 51.9 Å². The molecule has 2 fully saturated rings. The Morgan fingerprint density at radius 3 is 2.52 bits per heavy atom. The summed E-state index contributed by atoms with van der Waals surface area (Å²) in [6.45, 7) is 0.986. The molecule has 0 N–H and O–H groups in total. The summed E-state index contributed by atoms with van der Waals surface area (Å²) in [7, 11) is 0. The number of ether oxygens (including phenoxy) is 2. The minimum atomic E-state index is -2.50. The Morgan fingerprint density at radius 2 is 1.83 bits per heavy atom. The predicted octanol–water partition coefficient (Wildman–Crippen LogP) is 4.25. The van der Waals surface area contributed by atoms with E-state index in [-0.39, 0.29) is 30.4 Å². The molecule has 0 spiro atoms. The van der Waals surface area contributed by atoms with Gasteiger partial charge in [-0.2, -0.15) is 4.98 Å². The Morgan fingerprint density at radius 1 is 1.10 bits per heavy atom. The zero-order valence-electron chi connectivity index (χ0n) is 16.2. The monoisotopic (exact) mass is 402 g/mol. The van der Waals surface area contributed by atoms with Crippen LogP contribution in [0.4, 0.5) is 8.78 Å². The summed E-state index contributed by atoms with van der Waals surface area (Å²) in [5.41, 5.74) is 1.86. The van der Waals surface area contributed by atoms with Gasteiger partial charge in [0.25, 0.3) is 11.6 Å². The molecule has 7 heteroatoms. The van der Waals surface area contributed by atoms with Crippen LogP contribution in [0.15, 0.2) is 35.1 Å². The SMILES string of the molecule is O=c1cc(C2CC2)n2c(n1)OC(COc1ccc(C3CCC(F)(F)CC3)cc1)C2. The third-order valence-electron chi connectivity index (χ3n) is 6.18. The van der Waals surface area contributed by atoms with E-state index in [0.29, 0.717) is 37.9 Å². The van der Waals surface area contributed by atoms with Gasteiger partial charge in [0.1, 0.15) is 12.4 Å². The minimum absolute atomic E-state index is 0.0326. The van der Waals surface area contributed by atoms with Crippen LogP contribution in [0.25, 0.3) is 0 Å². The van der Waals surface area contributed by atoms with Crippen LogP contribution < -0.4 is 15.0 Å². The molecule has 154 valence electrons. The van der Waals surface area contributed by atoms with Crippen molar-refractivity contribution in [2.24, 2.45) is 0 Å². The molecule has 29 heavy (non-hydrogen) atoms. The molecule has 0 amide bonds. The summed E-state index contributed by atoms with van der Waals surface area (Å²) in [5.74, 6) is -1.14. The summed E-state index contributed by atoms with van der Waals surface area (Å²) in [5, 5.41) is 0. The highest BCUT2D eigenvalue weighted by Crippen LogP contribution is 2.42. The van der Waals surface area contributed by atoms with Gasteiger partial charge in [-0.3, -0.25) is 9.36 Å². The molecule has 5 nitrogen and oxygen atoms in total. The van der Waals surface area contributed by atoms with Crippen molar-refractivity contribution < 1.29 is 18.3 Å². The first kappa shape index (κ1) is 18.6.